The number of fused-ring (bicyclic) bond motifs is 1. The summed E-state index contributed by atoms with van der Waals surface area (Å²) in [6.45, 7) is 0. The second-order valence-corrected chi connectivity index (χ2v) is 5.69. The number of thiophene rings is 1. The molecule has 4 nitrogen and oxygen atoms in total. The maximum atomic E-state index is 10.9. The van der Waals surface area contributed by atoms with E-state index < -0.39 is 5.97 Å². The molecule has 0 saturated heterocycles. The van der Waals surface area contributed by atoms with Gasteiger partial charge in [-0.05, 0) is 18.0 Å². The molecular weight excluding hydrogens is 258 g/mol. The van der Waals surface area contributed by atoms with Crippen LogP contribution >= 0.6 is 34.9 Å². The van der Waals surface area contributed by atoms with Crippen molar-refractivity contribution >= 4 is 46.6 Å². The Morgan fingerprint density at radius 1 is 1.60 bits per heavy atom. The SMILES string of the molecule is CN1Sc2cc(Cl)sc2C(O)=C1C(=O)O. The van der Waals surface area contributed by atoms with Gasteiger partial charge in [-0.15, -0.1) is 11.3 Å². The number of carboxylic acid groups (broad SMARTS) is 1. The molecule has 0 spiro atoms. The molecule has 0 radical (unpaired) electrons. The lowest BCUT2D eigenvalue weighted by Gasteiger charge is -2.23. The van der Waals surface area contributed by atoms with Gasteiger partial charge in [0.2, 0.25) is 0 Å². The van der Waals surface area contributed by atoms with Crippen molar-refractivity contribution in [2.75, 3.05) is 7.05 Å². The number of carbonyl (C=O) groups is 1. The average Bonchev–Trinajstić information content (AvgIpc) is 2.45. The van der Waals surface area contributed by atoms with Crippen LogP contribution in [-0.4, -0.2) is 27.5 Å². The normalized spacial score (nSPS) is 15.5. The summed E-state index contributed by atoms with van der Waals surface area (Å²) in [5, 5.41) is 18.7. The predicted octanol–water partition coefficient (Wildman–Crippen LogP) is 2.67. The zero-order chi connectivity index (χ0) is 11.2. The van der Waals surface area contributed by atoms with Gasteiger partial charge in [-0.25, -0.2) is 4.79 Å². The summed E-state index contributed by atoms with van der Waals surface area (Å²) < 4.78 is 1.93. The third kappa shape index (κ3) is 1.68. The second-order valence-electron chi connectivity index (χ2n) is 2.84. The number of aliphatic hydroxyl groups is 1. The Hall–Kier alpha value is -0.850. The highest BCUT2D eigenvalue weighted by Crippen LogP contribution is 2.44. The average molecular weight is 264 g/mol. The fourth-order valence-corrected chi connectivity index (χ4v) is 3.61. The lowest BCUT2D eigenvalue weighted by atomic mass is 10.3. The van der Waals surface area contributed by atoms with Crippen LogP contribution in [0.3, 0.4) is 0 Å². The molecule has 2 heterocycles. The number of nitrogens with zero attached hydrogens (tertiary/aromatic N) is 1. The van der Waals surface area contributed by atoms with Crippen LogP contribution in [0.2, 0.25) is 4.34 Å². The monoisotopic (exact) mass is 263 g/mol. The Kier molecular flexibility index (Phi) is 2.57. The van der Waals surface area contributed by atoms with Crippen molar-refractivity contribution in [2.45, 2.75) is 4.90 Å². The molecule has 2 N–H and O–H groups in total. The molecule has 1 aromatic rings. The highest BCUT2D eigenvalue weighted by Gasteiger charge is 2.29. The Bertz CT molecular complexity index is 468. The number of aliphatic carboxylic acids is 1. The molecule has 1 aliphatic heterocycles. The van der Waals surface area contributed by atoms with E-state index >= 15 is 0 Å². The van der Waals surface area contributed by atoms with E-state index in [1.807, 2.05) is 0 Å². The van der Waals surface area contributed by atoms with Crippen LogP contribution in [0.4, 0.5) is 0 Å². The Morgan fingerprint density at radius 2 is 2.27 bits per heavy atom. The van der Waals surface area contributed by atoms with Gasteiger partial charge < -0.3 is 14.5 Å². The van der Waals surface area contributed by atoms with Gasteiger partial charge in [0.1, 0.15) is 0 Å². The van der Waals surface area contributed by atoms with E-state index in [4.69, 9.17) is 16.7 Å². The molecule has 0 amide bonds. The summed E-state index contributed by atoms with van der Waals surface area (Å²) in [6.07, 6.45) is 0. The standard InChI is InChI=1S/C8H6ClNO3S2/c1-10-5(8(12)13)6(11)7-3(15-10)2-4(9)14-7/h2,11H,1H3,(H,12,13). The molecular formula is C8H6ClNO3S2. The van der Waals surface area contributed by atoms with Crippen molar-refractivity contribution in [1.82, 2.24) is 4.31 Å². The molecule has 0 unspecified atom stereocenters. The predicted molar refractivity (Wildman–Crippen MR) is 60.1 cm³/mol. The van der Waals surface area contributed by atoms with E-state index in [1.54, 1.807) is 13.1 Å². The summed E-state index contributed by atoms with van der Waals surface area (Å²) in [5.74, 6) is -1.38. The zero-order valence-electron chi connectivity index (χ0n) is 7.52. The van der Waals surface area contributed by atoms with Crippen molar-refractivity contribution < 1.29 is 15.0 Å². The molecule has 0 atom stereocenters. The van der Waals surface area contributed by atoms with Crippen LogP contribution in [0, 0.1) is 0 Å². The molecule has 15 heavy (non-hydrogen) atoms. The van der Waals surface area contributed by atoms with E-state index in [2.05, 4.69) is 0 Å². The van der Waals surface area contributed by atoms with E-state index in [0.717, 1.165) is 4.90 Å². The first kappa shape index (κ1) is 10.7. The number of rotatable bonds is 1. The van der Waals surface area contributed by atoms with Gasteiger partial charge in [-0.3, -0.25) is 0 Å². The van der Waals surface area contributed by atoms with Gasteiger partial charge in [-0.1, -0.05) is 11.6 Å². The minimum atomic E-state index is -1.15. The topological polar surface area (TPSA) is 60.8 Å². The minimum Gasteiger partial charge on any atom is -0.504 e. The maximum Gasteiger partial charge on any atom is 0.356 e. The van der Waals surface area contributed by atoms with Crippen LogP contribution in [0.25, 0.3) is 5.76 Å². The molecule has 0 aliphatic carbocycles. The van der Waals surface area contributed by atoms with Crippen molar-refractivity contribution in [2.24, 2.45) is 0 Å². The van der Waals surface area contributed by atoms with Crippen LogP contribution < -0.4 is 0 Å². The van der Waals surface area contributed by atoms with Crippen molar-refractivity contribution in [3.63, 3.8) is 0 Å². The maximum absolute atomic E-state index is 10.9. The smallest absolute Gasteiger partial charge is 0.356 e. The van der Waals surface area contributed by atoms with Gasteiger partial charge in [0.05, 0.1) is 14.1 Å². The number of hydrogen-bond donors (Lipinski definition) is 2. The number of hydrogen-bond acceptors (Lipinski definition) is 5. The Morgan fingerprint density at radius 3 is 2.87 bits per heavy atom. The number of carboxylic acids is 1. The quantitative estimate of drug-likeness (QED) is 0.763. The van der Waals surface area contributed by atoms with Gasteiger partial charge in [0, 0.05) is 7.05 Å². The number of aliphatic hydroxyl groups excluding tert-OH is 1. The zero-order valence-corrected chi connectivity index (χ0v) is 9.91. The summed E-state index contributed by atoms with van der Waals surface area (Å²) in [7, 11) is 1.58. The van der Waals surface area contributed by atoms with Gasteiger partial charge >= 0.3 is 5.97 Å². The van der Waals surface area contributed by atoms with Crippen LogP contribution in [0.15, 0.2) is 16.7 Å². The highest BCUT2D eigenvalue weighted by atomic mass is 35.5. The third-order valence-electron chi connectivity index (χ3n) is 1.86. The Labute approximate surface area is 98.9 Å². The first-order valence-corrected chi connectivity index (χ1v) is 5.85. The largest absolute Gasteiger partial charge is 0.504 e. The van der Waals surface area contributed by atoms with Gasteiger partial charge in [-0.2, -0.15) is 0 Å². The fraction of sp³-hybridized carbons (Fsp3) is 0.125. The molecule has 80 valence electrons. The lowest BCUT2D eigenvalue weighted by Crippen LogP contribution is -2.21. The molecule has 1 aliphatic rings. The lowest BCUT2D eigenvalue weighted by molar-refractivity contribution is -0.133. The molecule has 0 fully saturated rings. The summed E-state index contributed by atoms with van der Waals surface area (Å²) >= 11 is 8.20. The van der Waals surface area contributed by atoms with E-state index in [9.17, 15) is 9.90 Å². The highest BCUT2D eigenvalue weighted by molar-refractivity contribution is 7.97. The number of halogens is 1. The number of likely N-dealkylation sites (N-methyl/N-ethyl adjacent to an activating group) is 1. The van der Waals surface area contributed by atoms with Crippen molar-refractivity contribution in [1.29, 1.82) is 0 Å². The molecule has 2 rings (SSSR count). The first-order chi connectivity index (χ1) is 7.00. The van der Waals surface area contributed by atoms with E-state index in [0.29, 0.717) is 9.21 Å². The van der Waals surface area contributed by atoms with Crippen LogP contribution in [0.5, 0.6) is 0 Å². The minimum absolute atomic E-state index is 0.119. The second kappa shape index (κ2) is 3.62. The summed E-state index contributed by atoms with van der Waals surface area (Å²) in [4.78, 5) is 12.2. The van der Waals surface area contributed by atoms with Gasteiger partial charge in [0.15, 0.2) is 11.5 Å². The van der Waals surface area contributed by atoms with Crippen LogP contribution in [-0.2, 0) is 4.79 Å². The molecule has 0 aromatic carbocycles. The molecule has 7 heteroatoms. The Balaban J connectivity index is 2.61. The van der Waals surface area contributed by atoms with Crippen molar-refractivity contribution in [3.8, 4) is 0 Å². The fourth-order valence-electron chi connectivity index (χ4n) is 1.26. The molecule has 0 bridgehead atoms. The van der Waals surface area contributed by atoms with Gasteiger partial charge in [0.25, 0.3) is 0 Å². The molecule has 1 aromatic heterocycles. The van der Waals surface area contributed by atoms with E-state index in [-0.39, 0.29) is 11.5 Å². The summed E-state index contributed by atoms with van der Waals surface area (Å²) in [6, 6.07) is 1.71. The first-order valence-electron chi connectivity index (χ1n) is 3.88. The van der Waals surface area contributed by atoms with Crippen LogP contribution in [0.1, 0.15) is 4.88 Å². The molecule has 0 saturated carbocycles. The van der Waals surface area contributed by atoms with E-state index in [1.165, 1.54) is 27.6 Å². The van der Waals surface area contributed by atoms with Crippen molar-refractivity contribution in [3.05, 3.63) is 21.0 Å². The summed E-state index contributed by atoms with van der Waals surface area (Å²) in [5.41, 5.74) is -0.119. The third-order valence-corrected chi connectivity index (χ3v) is 4.24.